The summed E-state index contributed by atoms with van der Waals surface area (Å²) >= 11 is 5.77. The summed E-state index contributed by atoms with van der Waals surface area (Å²) in [6.07, 6.45) is 0. The molecule has 6 heteroatoms. The van der Waals surface area contributed by atoms with E-state index in [-0.39, 0.29) is 16.3 Å². The van der Waals surface area contributed by atoms with Crippen molar-refractivity contribution in [3.8, 4) is 5.75 Å². The summed E-state index contributed by atoms with van der Waals surface area (Å²) in [6, 6.07) is 3.16. The summed E-state index contributed by atoms with van der Waals surface area (Å²) in [6.45, 7) is 1.46. The van der Waals surface area contributed by atoms with Crippen molar-refractivity contribution in [1.82, 2.24) is 5.32 Å². The van der Waals surface area contributed by atoms with E-state index in [4.69, 9.17) is 17.3 Å². The molecule has 0 saturated carbocycles. The van der Waals surface area contributed by atoms with Crippen LogP contribution in [0.15, 0.2) is 18.2 Å². The van der Waals surface area contributed by atoms with E-state index in [1.165, 1.54) is 25.1 Å². The molecule has 1 rings (SSSR count). The normalized spacial score (nSPS) is 11.9. The summed E-state index contributed by atoms with van der Waals surface area (Å²) in [5.74, 6) is -1.29. The first-order chi connectivity index (χ1) is 7.41. The van der Waals surface area contributed by atoms with Gasteiger partial charge in [0.2, 0.25) is 5.91 Å². The lowest BCUT2D eigenvalue weighted by atomic mass is 10.2. The molecule has 0 radical (unpaired) electrons. The van der Waals surface area contributed by atoms with Gasteiger partial charge in [-0.1, -0.05) is 11.6 Å². The second-order valence-electron chi connectivity index (χ2n) is 3.26. The Morgan fingerprint density at radius 3 is 2.69 bits per heavy atom. The first kappa shape index (κ1) is 12.3. The summed E-state index contributed by atoms with van der Waals surface area (Å²) in [7, 11) is 0. The number of aromatic hydroxyl groups is 1. The second-order valence-corrected chi connectivity index (χ2v) is 3.67. The molecule has 0 fully saturated rings. The van der Waals surface area contributed by atoms with Gasteiger partial charge >= 0.3 is 0 Å². The van der Waals surface area contributed by atoms with Gasteiger partial charge in [-0.15, -0.1) is 0 Å². The molecule has 4 N–H and O–H groups in total. The van der Waals surface area contributed by atoms with E-state index in [0.29, 0.717) is 0 Å². The molecule has 0 aromatic heterocycles. The number of phenols is 1. The minimum absolute atomic E-state index is 0.0821. The zero-order valence-corrected chi connectivity index (χ0v) is 9.28. The fourth-order valence-corrected chi connectivity index (χ4v) is 1.24. The smallest absolute Gasteiger partial charge is 0.253 e. The number of hydrogen-bond acceptors (Lipinski definition) is 3. The van der Waals surface area contributed by atoms with Crippen LogP contribution < -0.4 is 11.1 Å². The molecule has 5 nitrogen and oxygen atoms in total. The standard InChI is InChI=1S/C10H11ClN2O3/c1-5(9(12)15)13-10(16)7-4-6(14)2-3-8(7)11/h2-5,14H,1H3,(H2,12,15)(H,13,16). The highest BCUT2D eigenvalue weighted by Gasteiger charge is 2.16. The number of rotatable bonds is 3. The lowest BCUT2D eigenvalue weighted by Gasteiger charge is -2.11. The van der Waals surface area contributed by atoms with Crippen molar-refractivity contribution in [2.75, 3.05) is 0 Å². The van der Waals surface area contributed by atoms with Crippen LogP contribution in [-0.4, -0.2) is 23.0 Å². The van der Waals surface area contributed by atoms with Gasteiger partial charge in [-0.05, 0) is 25.1 Å². The topological polar surface area (TPSA) is 92.4 Å². The molecule has 2 amide bonds. The summed E-state index contributed by atoms with van der Waals surface area (Å²) in [4.78, 5) is 22.4. The molecule has 1 aromatic carbocycles. The van der Waals surface area contributed by atoms with Crippen molar-refractivity contribution in [2.24, 2.45) is 5.73 Å². The molecule has 0 bridgehead atoms. The fraction of sp³-hybridized carbons (Fsp3) is 0.200. The van der Waals surface area contributed by atoms with E-state index in [0.717, 1.165) is 0 Å². The van der Waals surface area contributed by atoms with Gasteiger partial charge in [0.1, 0.15) is 11.8 Å². The number of nitrogens with two attached hydrogens (primary N) is 1. The van der Waals surface area contributed by atoms with Gasteiger partial charge in [0.05, 0.1) is 10.6 Å². The third-order valence-electron chi connectivity index (χ3n) is 1.97. The van der Waals surface area contributed by atoms with Crippen molar-refractivity contribution in [1.29, 1.82) is 0 Å². The Morgan fingerprint density at radius 1 is 1.50 bits per heavy atom. The Bertz CT molecular complexity index is 434. The SMILES string of the molecule is CC(NC(=O)c1cc(O)ccc1Cl)C(N)=O. The van der Waals surface area contributed by atoms with Crippen molar-refractivity contribution in [2.45, 2.75) is 13.0 Å². The van der Waals surface area contributed by atoms with E-state index < -0.39 is 17.9 Å². The first-order valence-corrected chi connectivity index (χ1v) is 4.88. The molecule has 0 heterocycles. The van der Waals surface area contributed by atoms with Gasteiger partial charge in [-0.3, -0.25) is 9.59 Å². The summed E-state index contributed by atoms with van der Waals surface area (Å²) < 4.78 is 0. The van der Waals surface area contributed by atoms with Crippen LogP contribution in [0.3, 0.4) is 0 Å². The maximum atomic E-state index is 11.6. The Labute approximate surface area is 97.2 Å². The Hall–Kier alpha value is -1.75. The number of halogens is 1. The zero-order chi connectivity index (χ0) is 12.3. The minimum atomic E-state index is -0.800. The van der Waals surface area contributed by atoms with Crippen LogP contribution >= 0.6 is 11.6 Å². The van der Waals surface area contributed by atoms with Gasteiger partial charge in [-0.2, -0.15) is 0 Å². The van der Waals surface area contributed by atoms with Crippen LogP contribution in [0, 0.1) is 0 Å². The maximum Gasteiger partial charge on any atom is 0.253 e. The zero-order valence-electron chi connectivity index (χ0n) is 8.53. The number of benzene rings is 1. The molecule has 0 spiro atoms. The highest BCUT2D eigenvalue weighted by Crippen LogP contribution is 2.20. The number of primary amides is 1. The predicted octanol–water partition coefficient (Wildman–Crippen LogP) is 0.649. The quantitative estimate of drug-likeness (QED) is 0.727. The third-order valence-corrected chi connectivity index (χ3v) is 2.30. The number of phenolic OH excluding ortho intramolecular Hbond substituents is 1. The van der Waals surface area contributed by atoms with Gasteiger partial charge in [0.25, 0.3) is 5.91 Å². The van der Waals surface area contributed by atoms with E-state index >= 15 is 0 Å². The highest BCUT2D eigenvalue weighted by molar-refractivity contribution is 6.33. The molecule has 0 aliphatic carbocycles. The number of carbonyl (C=O) groups is 2. The number of carbonyl (C=O) groups excluding carboxylic acids is 2. The molecule has 1 atom stereocenters. The maximum absolute atomic E-state index is 11.6. The van der Waals surface area contributed by atoms with Crippen LogP contribution in [0.25, 0.3) is 0 Å². The summed E-state index contributed by atoms with van der Waals surface area (Å²) in [5.41, 5.74) is 5.09. The van der Waals surface area contributed by atoms with Gasteiger partial charge in [0.15, 0.2) is 0 Å². The van der Waals surface area contributed by atoms with Gasteiger partial charge in [0, 0.05) is 0 Å². The Kier molecular flexibility index (Phi) is 3.73. The van der Waals surface area contributed by atoms with E-state index in [2.05, 4.69) is 5.32 Å². The van der Waals surface area contributed by atoms with Gasteiger partial charge < -0.3 is 16.2 Å². The van der Waals surface area contributed by atoms with Crippen LogP contribution in [-0.2, 0) is 4.79 Å². The molecular weight excluding hydrogens is 232 g/mol. The Morgan fingerprint density at radius 2 is 2.12 bits per heavy atom. The number of nitrogens with one attached hydrogen (secondary N) is 1. The van der Waals surface area contributed by atoms with E-state index in [1.54, 1.807) is 0 Å². The average Bonchev–Trinajstić information content (AvgIpc) is 2.21. The van der Waals surface area contributed by atoms with Crippen molar-refractivity contribution >= 4 is 23.4 Å². The lowest BCUT2D eigenvalue weighted by Crippen LogP contribution is -2.42. The van der Waals surface area contributed by atoms with E-state index in [9.17, 15) is 14.7 Å². The molecule has 0 saturated heterocycles. The van der Waals surface area contributed by atoms with Crippen molar-refractivity contribution < 1.29 is 14.7 Å². The number of hydrogen-bond donors (Lipinski definition) is 3. The minimum Gasteiger partial charge on any atom is -0.508 e. The molecule has 1 unspecified atom stereocenters. The van der Waals surface area contributed by atoms with Crippen LogP contribution in [0.4, 0.5) is 0 Å². The Balaban J connectivity index is 2.88. The monoisotopic (exact) mass is 242 g/mol. The molecule has 16 heavy (non-hydrogen) atoms. The molecule has 86 valence electrons. The molecule has 1 aromatic rings. The first-order valence-electron chi connectivity index (χ1n) is 4.50. The van der Waals surface area contributed by atoms with Crippen LogP contribution in [0.2, 0.25) is 5.02 Å². The largest absolute Gasteiger partial charge is 0.508 e. The third kappa shape index (κ3) is 2.87. The molecular formula is C10H11ClN2O3. The van der Waals surface area contributed by atoms with E-state index in [1.807, 2.05) is 0 Å². The summed E-state index contributed by atoms with van der Waals surface area (Å²) in [5, 5.41) is 11.7. The predicted molar refractivity (Wildman–Crippen MR) is 59.2 cm³/mol. The number of amides is 2. The highest BCUT2D eigenvalue weighted by atomic mass is 35.5. The lowest BCUT2D eigenvalue weighted by molar-refractivity contribution is -0.119. The van der Waals surface area contributed by atoms with Crippen LogP contribution in [0.1, 0.15) is 17.3 Å². The molecule has 0 aliphatic heterocycles. The van der Waals surface area contributed by atoms with Crippen molar-refractivity contribution in [3.63, 3.8) is 0 Å². The van der Waals surface area contributed by atoms with Gasteiger partial charge in [-0.25, -0.2) is 0 Å². The fourth-order valence-electron chi connectivity index (χ4n) is 1.03. The average molecular weight is 243 g/mol. The molecule has 0 aliphatic rings. The second kappa shape index (κ2) is 4.85. The van der Waals surface area contributed by atoms with Crippen LogP contribution in [0.5, 0.6) is 5.75 Å². The van der Waals surface area contributed by atoms with Crippen molar-refractivity contribution in [3.05, 3.63) is 28.8 Å².